The van der Waals surface area contributed by atoms with E-state index < -0.39 is 40.9 Å². The molecule has 2 bridgehead atoms. The van der Waals surface area contributed by atoms with Crippen molar-refractivity contribution in [2.75, 3.05) is 20.1 Å². The number of alkyl halides is 3. The Bertz CT molecular complexity index is 1490. The summed E-state index contributed by atoms with van der Waals surface area (Å²) in [5.74, 6) is 0.0459. The molecule has 2 unspecified atom stereocenters. The fourth-order valence-electron chi connectivity index (χ4n) is 8.13. The zero-order chi connectivity index (χ0) is 30.9. The number of carbonyl (C=O) groups is 2. The standard InChI is InChI=1S/C33H37F3N2O5/c1-19(2)18-38(27(40)11-8-21-6-5-7-23(16-21)33(34,35)36)24-12-13-32(41)26-17-22-9-10-25(42-20(3)39)29-28(22)31(32,30(24)43-29)14-15-37(26)4/h5-11,16,19,24,26,30,41H,12-15,17-18H2,1-4H3/b11-8+/t24?,26-,30?,31+,32-/m1/s1. The monoisotopic (exact) mass is 598 g/mol. The first-order valence-corrected chi connectivity index (χ1v) is 14.9. The third-order valence-electron chi connectivity index (χ3n) is 9.81. The molecule has 7 nitrogen and oxygen atoms in total. The van der Waals surface area contributed by atoms with Gasteiger partial charge in [-0.15, -0.1) is 0 Å². The predicted molar refractivity (Wildman–Crippen MR) is 154 cm³/mol. The maximum absolute atomic E-state index is 13.9. The molecule has 2 aliphatic heterocycles. The Labute approximate surface area is 249 Å². The average molecular weight is 599 g/mol. The number of aliphatic hydroxyl groups is 1. The lowest BCUT2D eigenvalue weighted by molar-refractivity contribution is -0.197. The molecule has 2 aromatic rings. The molecule has 1 saturated carbocycles. The summed E-state index contributed by atoms with van der Waals surface area (Å²) in [4.78, 5) is 29.9. The smallest absolute Gasteiger partial charge is 0.416 e. The summed E-state index contributed by atoms with van der Waals surface area (Å²) < 4.78 is 52.1. The third-order valence-corrected chi connectivity index (χ3v) is 9.81. The molecule has 2 heterocycles. The Hall–Kier alpha value is -3.37. The lowest BCUT2D eigenvalue weighted by Gasteiger charge is -2.64. The molecule has 0 radical (unpaired) electrons. The van der Waals surface area contributed by atoms with Crippen molar-refractivity contribution in [2.45, 2.75) is 81.8 Å². The Morgan fingerprint density at radius 3 is 2.70 bits per heavy atom. The van der Waals surface area contributed by atoms with Gasteiger partial charge < -0.3 is 24.4 Å². The van der Waals surface area contributed by atoms with Gasteiger partial charge in [0.1, 0.15) is 6.10 Å². The van der Waals surface area contributed by atoms with Gasteiger partial charge in [0.2, 0.25) is 5.91 Å². The summed E-state index contributed by atoms with van der Waals surface area (Å²) in [6.45, 7) is 6.46. The highest BCUT2D eigenvalue weighted by Crippen LogP contribution is 2.65. The van der Waals surface area contributed by atoms with Crippen molar-refractivity contribution in [1.29, 1.82) is 0 Å². The van der Waals surface area contributed by atoms with E-state index in [1.54, 1.807) is 11.0 Å². The number of piperidine rings is 1. The molecule has 230 valence electrons. The highest BCUT2D eigenvalue weighted by Gasteiger charge is 2.73. The number of hydrogen-bond acceptors (Lipinski definition) is 6. The molecule has 43 heavy (non-hydrogen) atoms. The van der Waals surface area contributed by atoms with Gasteiger partial charge in [0, 0.05) is 31.1 Å². The number of amides is 1. The van der Waals surface area contributed by atoms with E-state index in [0.29, 0.717) is 43.7 Å². The Kier molecular flexibility index (Phi) is 7.16. The molecule has 1 spiro atoms. The van der Waals surface area contributed by atoms with Crippen LogP contribution < -0.4 is 9.47 Å². The molecular formula is C33H37F3N2O5. The first-order chi connectivity index (χ1) is 20.3. The molecule has 2 fully saturated rings. The molecular weight excluding hydrogens is 561 g/mol. The van der Waals surface area contributed by atoms with Gasteiger partial charge in [-0.05, 0) is 80.6 Å². The Morgan fingerprint density at radius 1 is 1.23 bits per heavy atom. The molecule has 10 heteroatoms. The van der Waals surface area contributed by atoms with Gasteiger partial charge in [-0.1, -0.05) is 32.0 Å². The second-order valence-corrected chi connectivity index (χ2v) is 12.9. The maximum atomic E-state index is 13.9. The van der Waals surface area contributed by atoms with Crippen LogP contribution in [0, 0.1) is 5.92 Å². The number of benzene rings is 2. The second-order valence-electron chi connectivity index (χ2n) is 12.9. The number of carbonyl (C=O) groups excluding carboxylic acids is 2. The van der Waals surface area contributed by atoms with E-state index in [9.17, 15) is 27.9 Å². The van der Waals surface area contributed by atoms with Crippen LogP contribution in [0.25, 0.3) is 6.08 Å². The number of likely N-dealkylation sites (tertiary alicyclic amines) is 1. The van der Waals surface area contributed by atoms with E-state index in [2.05, 4.69) is 4.90 Å². The van der Waals surface area contributed by atoms with Crippen molar-refractivity contribution in [2.24, 2.45) is 5.92 Å². The number of rotatable bonds is 6. The summed E-state index contributed by atoms with van der Waals surface area (Å²) >= 11 is 0. The minimum Gasteiger partial charge on any atom is -0.483 e. The highest BCUT2D eigenvalue weighted by molar-refractivity contribution is 5.92. The van der Waals surface area contributed by atoms with E-state index in [0.717, 1.165) is 29.8 Å². The molecule has 0 aromatic heterocycles. The summed E-state index contributed by atoms with van der Waals surface area (Å²) in [7, 11) is 2.03. The zero-order valence-corrected chi connectivity index (χ0v) is 24.8. The highest BCUT2D eigenvalue weighted by atomic mass is 19.4. The van der Waals surface area contributed by atoms with E-state index in [4.69, 9.17) is 9.47 Å². The van der Waals surface area contributed by atoms with Crippen LogP contribution in [0.2, 0.25) is 0 Å². The van der Waals surface area contributed by atoms with Gasteiger partial charge in [0.25, 0.3) is 0 Å². The van der Waals surface area contributed by atoms with Gasteiger partial charge in [-0.2, -0.15) is 13.2 Å². The number of halogens is 3. The first-order valence-electron chi connectivity index (χ1n) is 14.9. The number of esters is 1. The van der Waals surface area contributed by atoms with Crippen molar-refractivity contribution < 1.29 is 37.3 Å². The van der Waals surface area contributed by atoms with Gasteiger partial charge in [-0.3, -0.25) is 9.59 Å². The van der Waals surface area contributed by atoms with Crippen LogP contribution in [0.3, 0.4) is 0 Å². The number of nitrogens with zero attached hydrogens (tertiary/aromatic N) is 2. The third kappa shape index (κ3) is 4.65. The molecule has 5 atom stereocenters. The number of ether oxygens (including phenoxy) is 2. The van der Waals surface area contributed by atoms with Gasteiger partial charge in [0.05, 0.1) is 22.6 Å². The normalized spacial score (nSPS) is 29.4. The average Bonchev–Trinajstić information content (AvgIpc) is 3.29. The second kappa shape index (κ2) is 10.4. The molecule has 1 amide bonds. The minimum atomic E-state index is -4.49. The Balaban J connectivity index is 1.41. The number of likely N-dealkylation sites (N-methyl/N-ethyl adjacent to an activating group) is 1. The van der Waals surface area contributed by atoms with Crippen LogP contribution in [0.4, 0.5) is 13.2 Å². The van der Waals surface area contributed by atoms with Crippen LogP contribution in [0.1, 0.15) is 62.3 Å². The van der Waals surface area contributed by atoms with E-state index in [-0.39, 0.29) is 23.4 Å². The summed E-state index contributed by atoms with van der Waals surface area (Å²) in [5.41, 5.74) is -0.515. The topological polar surface area (TPSA) is 79.3 Å². The van der Waals surface area contributed by atoms with Gasteiger partial charge in [0.15, 0.2) is 11.5 Å². The van der Waals surface area contributed by atoms with Crippen LogP contribution in [0.5, 0.6) is 11.5 Å². The fourth-order valence-corrected chi connectivity index (χ4v) is 8.13. The van der Waals surface area contributed by atoms with Crippen molar-refractivity contribution >= 4 is 18.0 Å². The lowest BCUT2D eigenvalue weighted by atomic mass is 9.48. The molecule has 1 saturated heterocycles. The van der Waals surface area contributed by atoms with Gasteiger partial charge >= 0.3 is 12.1 Å². The zero-order valence-electron chi connectivity index (χ0n) is 24.8. The number of hydrogen-bond donors (Lipinski definition) is 1. The predicted octanol–water partition coefficient (Wildman–Crippen LogP) is 4.98. The summed E-state index contributed by atoms with van der Waals surface area (Å²) in [6, 6.07) is 8.01. The molecule has 6 rings (SSSR count). The molecule has 4 aliphatic rings. The van der Waals surface area contributed by atoms with Crippen LogP contribution in [-0.4, -0.2) is 70.7 Å². The lowest BCUT2D eigenvalue weighted by Crippen LogP contribution is -2.78. The van der Waals surface area contributed by atoms with Crippen molar-refractivity contribution in [1.82, 2.24) is 9.80 Å². The first kappa shape index (κ1) is 29.7. The minimum absolute atomic E-state index is 0.0942. The van der Waals surface area contributed by atoms with Crippen molar-refractivity contribution in [3.8, 4) is 11.5 Å². The van der Waals surface area contributed by atoms with E-state index in [1.807, 2.05) is 27.0 Å². The SMILES string of the molecule is CC(=O)Oc1ccc2c3c1OC1C(N(CC(C)C)C(=O)/C=C/c4cccc(C(F)(F)F)c4)CC[C@@]4(O)[C@@H](C2)N(C)CC[C@]314. The van der Waals surface area contributed by atoms with Crippen LogP contribution in [0.15, 0.2) is 42.5 Å². The molecule has 2 aromatic carbocycles. The van der Waals surface area contributed by atoms with Crippen molar-refractivity contribution in [3.63, 3.8) is 0 Å². The molecule has 2 aliphatic carbocycles. The van der Waals surface area contributed by atoms with E-state index >= 15 is 0 Å². The van der Waals surface area contributed by atoms with Crippen LogP contribution >= 0.6 is 0 Å². The fraction of sp³-hybridized carbons (Fsp3) is 0.515. The quantitative estimate of drug-likeness (QED) is 0.287. The van der Waals surface area contributed by atoms with Crippen molar-refractivity contribution in [3.05, 3.63) is 64.7 Å². The molecule has 1 N–H and O–H groups in total. The summed E-state index contributed by atoms with van der Waals surface area (Å²) in [6.07, 6.45) is -0.185. The Morgan fingerprint density at radius 2 is 2.00 bits per heavy atom. The van der Waals surface area contributed by atoms with E-state index in [1.165, 1.54) is 31.2 Å². The maximum Gasteiger partial charge on any atom is 0.416 e. The summed E-state index contributed by atoms with van der Waals surface area (Å²) in [5, 5.41) is 12.6. The largest absolute Gasteiger partial charge is 0.483 e. The van der Waals surface area contributed by atoms with Crippen LogP contribution in [-0.2, 0) is 27.6 Å². The van der Waals surface area contributed by atoms with Gasteiger partial charge in [-0.25, -0.2) is 0 Å².